The predicted octanol–water partition coefficient (Wildman–Crippen LogP) is 3.74. The number of halogens is 1. The number of rotatable bonds is 9. The van der Waals surface area contributed by atoms with E-state index in [1.165, 1.54) is 29.8 Å². The van der Waals surface area contributed by atoms with Gasteiger partial charge < -0.3 is 14.8 Å². The number of benzene rings is 2. The summed E-state index contributed by atoms with van der Waals surface area (Å²) in [7, 11) is 1.64. The standard InChI is InChI=1S/C20H24FNO3/c1-3-19(25-18-12-8-16(21)9-13-18)20(23)22-14-4-5-15-6-10-17(24-2)11-7-15/h6-13,19H,3-5,14H2,1-2H3,(H,22,23)/t19-/m1/s1. The van der Waals surface area contributed by atoms with Crippen LogP contribution in [0.5, 0.6) is 11.5 Å². The van der Waals surface area contributed by atoms with Gasteiger partial charge in [0.15, 0.2) is 6.10 Å². The van der Waals surface area contributed by atoms with Crippen LogP contribution in [0.15, 0.2) is 48.5 Å². The summed E-state index contributed by atoms with van der Waals surface area (Å²) in [6.07, 6.45) is 1.68. The van der Waals surface area contributed by atoms with E-state index in [2.05, 4.69) is 5.32 Å². The molecule has 134 valence electrons. The van der Waals surface area contributed by atoms with Gasteiger partial charge in [0.05, 0.1) is 7.11 Å². The number of ether oxygens (including phenoxy) is 2. The third-order valence-corrected chi connectivity index (χ3v) is 3.86. The summed E-state index contributed by atoms with van der Waals surface area (Å²) in [5.74, 6) is 0.840. The topological polar surface area (TPSA) is 47.6 Å². The minimum atomic E-state index is -0.577. The minimum absolute atomic E-state index is 0.151. The fraction of sp³-hybridized carbons (Fsp3) is 0.350. The summed E-state index contributed by atoms with van der Waals surface area (Å²) in [5.41, 5.74) is 1.20. The van der Waals surface area contributed by atoms with Gasteiger partial charge in [-0.05, 0) is 61.2 Å². The van der Waals surface area contributed by atoms with Crippen LogP contribution < -0.4 is 14.8 Å². The van der Waals surface area contributed by atoms with Crippen LogP contribution in [0, 0.1) is 5.82 Å². The number of carbonyl (C=O) groups excluding carboxylic acids is 1. The first kappa shape index (κ1) is 18.8. The molecule has 1 N–H and O–H groups in total. The molecule has 0 saturated heterocycles. The molecular weight excluding hydrogens is 321 g/mol. The van der Waals surface area contributed by atoms with Gasteiger partial charge in [0.1, 0.15) is 17.3 Å². The number of aryl methyl sites for hydroxylation is 1. The monoisotopic (exact) mass is 345 g/mol. The molecule has 25 heavy (non-hydrogen) atoms. The minimum Gasteiger partial charge on any atom is -0.497 e. The van der Waals surface area contributed by atoms with E-state index < -0.39 is 6.10 Å². The van der Waals surface area contributed by atoms with E-state index in [1.807, 2.05) is 31.2 Å². The van der Waals surface area contributed by atoms with Crippen LogP contribution in [-0.2, 0) is 11.2 Å². The van der Waals surface area contributed by atoms with Gasteiger partial charge in [-0.1, -0.05) is 19.1 Å². The molecular formula is C20H24FNO3. The largest absolute Gasteiger partial charge is 0.497 e. The van der Waals surface area contributed by atoms with Crippen molar-refractivity contribution in [2.75, 3.05) is 13.7 Å². The Bertz CT molecular complexity index is 656. The number of methoxy groups -OCH3 is 1. The van der Waals surface area contributed by atoms with Gasteiger partial charge in [0.2, 0.25) is 0 Å². The van der Waals surface area contributed by atoms with E-state index in [9.17, 15) is 9.18 Å². The molecule has 0 spiro atoms. The van der Waals surface area contributed by atoms with Crippen molar-refractivity contribution in [3.8, 4) is 11.5 Å². The molecule has 0 unspecified atom stereocenters. The number of hydrogen-bond acceptors (Lipinski definition) is 3. The Morgan fingerprint density at radius 1 is 1.08 bits per heavy atom. The van der Waals surface area contributed by atoms with Crippen molar-refractivity contribution in [2.45, 2.75) is 32.3 Å². The van der Waals surface area contributed by atoms with Crippen LogP contribution in [-0.4, -0.2) is 25.7 Å². The molecule has 0 bridgehead atoms. The lowest BCUT2D eigenvalue weighted by molar-refractivity contribution is -0.128. The van der Waals surface area contributed by atoms with Gasteiger partial charge in [-0.2, -0.15) is 0 Å². The second-order valence-corrected chi connectivity index (χ2v) is 5.71. The Morgan fingerprint density at radius 3 is 2.32 bits per heavy atom. The van der Waals surface area contributed by atoms with Crippen molar-refractivity contribution in [3.63, 3.8) is 0 Å². The van der Waals surface area contributed by atoms with Crippen LogP contribution >= 0.6 is 0 Å². The average Bonchev–Trinajstić information content (AvgIpc) is 2.65. The highest BCUT2D eigenvalue weighted by Gasteiger charge is 2.17. The number of carbonyl (C=O) groups is 1. The molecule has 4 nitrogen and oxygen atoms in total. The molecule has 2 aromatic rings. The first-order valence-corrected chi connectivity index (χ1v) is 8.45. The maximum Gasteiger partial charge on any atom is 0.261 e. The molecule has 2 rings (SSSR count). The highest BCUT2D eigenvalue weighted by molar-refractivity contribution is 5.81. The molecule has 0 aromatic heterocycles. The van der Waals surface area contributed by atoms with Crippen LogP contribution in [0.25, 0.3) is 0 Å². The molecule has 0 aliphatic heterocycles. The van der Waals surface area contributed by atoms with E-state index in [4.69, 9.17) is 9.47 Å². The number of amides is 1. The van der Waals surface area contributed by atoms with Crippen molar-refractivity contribution in [1.29, 1.82) is 0 Å². The number of nitrogens with one attached hydrogen (secondary N) is 1. The fourth-order valence-electron chi connectivity index (χ4n) is 2.41. The SMILES string of the molecule is CC[C@@H](Oc1ccc(F)cc1)C(=O)NCCCc1ccc(OC)cc1. The van der Waals surface area contributed by atoms with Gasteiger partial charge in [0.25, 0.3) is 5.91 Å². The van der Waals surface area contributed by atoms with Crippen LogP contribution in [0.2, 0.25) is 0 Å². The molecule has 0 heterocycles. The Labute approximate surface area is 148 Å². The van der Waals surface area contributed by atoms with E-state index in [-0.39, 0.29) is 11.7 Å². The van der Waals surface area contributed by atoms with E-state index in [0.29, 0.717) is 18.7 Å². The van der Waals surface area contributed by atoms with Crippen molar-refractivity contribution in [3.05, 3.63) is 59.9 Å². The maximum absolute atomic E-state index is 12.9. The molecule has 5 heteroatoms. The van der Waals surface area contributed by atoms with Crippen LogP contribution in [0.4, 0.5) is 4.39 Å². The summed E-state index contributed by atoms with van der Waals surface area (Å²) in [5, 5.41) is 2.90. The summed E-state index contributed by atoms with van der Waals surface area (Å²) in [6.45, 7) is 2.46. The lowest BCUT2D eigenvalue weighted by Crippen LogP contribution is -2.38. The van der Waals surface area contributed by atoms with E-state index in [0.717, 1.165) is 18.6 Å². The molecule has 1 atom stereocenters. The van der Waals surface area contributed by atoms with Crippen LogP contribution in [0.3, 0.4) is 0 Å². The maximum atomic E-state index is 12.9. The zero-order valence-electron chi connectivity index (χ0n) is 14.6. The Hall–Kier alpha value is -2.56. The summed E-state index contributed by atoms with van der Waals surface area (Å²) >= 11 is 0. The summed E-state index contributed by atoms with van der Waals surface area (Å²) in [4.78, 5) is 12.2. The highest BCUT2D eigenvalue weighted by atomic mass is 19.1. The van der Waals surface area contributed by atoms with Gasteiger partial charge in [0, 0.05) is 6.54 Å². The van der Waals surface area contributed by atoms with Gasteiger partial charge in [-0.25, -0.2) is 4.39 Å². The third-order valence-electron chi connectivity index (χ3n) is 3.86. The van der Waals surface area contributed by atoms with Gasteiger partial charge in [-0.15, -0.1) is 0 Å². The molecule has 0 aliphatic rings. The van der Waals surface area contributed by atoms with Crippen molar-refractivity contribution >= 4 is 5.91 Å². The smallest absolute Gasteiger partial charge is 0.261 e. The molecule has 0 fully saturated rings. The highest BCUT2D eigenvalue weighted by Crippen LogP contribution is 2.15. The van der Waals surface area contributed by atoms with E-state index >= 15 is 0 Å². The lowest BCUT2D eigenvalue weighted by Gasteiger charge is -2.17. The average molecular weight is 345 g/mol. The number of hydrogen-bond donors (Lipinski definition) is 1. The molecule has 1 amide bonds. The summed E-state index contributed by atoms with van der Waals surface area (Å²) < 4.78 is 23.7. The van der Waals surface area contributed by atoms with Crippen molar-refractivity contribution in [2.24, 2.45) is 0 Å². The zero-order chi connectivity index (χ0) is 18.1. The fourth-order valence-corrected chi connectivity index (χ4v) is 2.41. The zero-order valence-corrected chi connectivity index (χ0v) is 14.6. The molecule has 0 aliphatic carbocycles. The van der Waals surface area contributed by atoms with Crippen LogP contribution in [0.1, 0.15) is 25.3 Å². The molecule has 0 radical (unpaired) electrons. The van der Waals surface area contributed by atoms with Gasteiger partial charge >= 0.3 is 0 Å². The second kappa shape index (κ2) is 9.67. The quantitative estimate of drug-likeness (QED) is 0.704. The van der Waals surface area contributed by atoms with Crippen molar-refractivity contribution < 1.29 is 18.7 Å². The van der Waals surface area contributed by atoms with Gasteiger partial charge in [-0.3, -0.25) is 4.79 Å². The Morgan fingerprint density at radius 2 is 1.72 bits per heavy atom. The Balaban J connectivity index is 1.74. The summed E-state index contributed by atoms with van der Waals surface area (Å²) in [6, 6.07) is 13.6. The first-order chi connectivity index (χ1) is 12.1. The predicted molar refractivity (Wildman–Crippen MR) is 95.4 cm³/mol. The Kier molecular flexibility index (Phi) is 7.26. The lowest BCUT2D eigenvalue weighted by atomic mass is 10.1. The molecule has 0 saturated carbocycles. The first-order valence-electron chi connectivity index (χ1n) is 8.45. The molecule has 2 aromatic carbocycles. The van der Waals surface area contributed by atoms with Crippen molar-refractivity contribution in [1.82, 2.24) is 5.32 Å². The van der Waals surface area contributed by atoms with E-state index in [1.54, 1.807) is 7.11 Å². The normalized spacial score (nSPS) is 11.6. The second-order valence-electron chi connectivity index (χ2n) is 5.71. The third kappa shape index (κ3) is 6.10.